The number of nitrogens with zero attached hydrogens (tertiary/aromatic N) is 1. The molecule has 0 atom stereocenters. The highest BCUT2D eigenvalue weighted by Crippen LogP contribution is 2.28. The molecule has 0 saturated heterocycles. The predicted molar refractivity (Wildman–Crippen MR) is 81.0 cm³/mol. The van der Waals surface area contributed by atoms with Crippen molar-refractivity contribution >= 4 is 22.6 Å². The molecule has 108 valence electrons. The second kappa shape index (κ2) is 5.02. The molecular formula is C14H7ClN4O3. The van der Waals surface area contributed by atoms with Crippen LogP contribution in [0.3, 0.4) is 0 Å². The molecule has 0 spiro atoms. The second-order valence-electron chi connectivity index (χ2n) is 4.48. The summed E-state index contributed by atoms with van der Waals surface area (Å²) in [5, 5.41) is 9.64. The van der Waals surface area contributed by atoms with Gasteiger partial charge in [0.05, 0.1) is 5.39 Å². The number of aromatic nitrogens is 3. The van der Waals surface area contributed by atoms with Gasteiger partial charge in [-0.3, -0.25) is 19.6 Å². The molecule has 0 unspecified atom stereocenters. The van der Waals surface area contributed by atoms with Crippen molar-refractivity contribution in [2.75, 3.05) is 0 Å². The molecule has 3 aromatic rings. The number of aromatic amines is 3. The van der Waals surface area contributed by atoms with Crippen molar-refractivity contribution in [3.8, 4) is 17.2 Å². The number of hydrogen-bond donors (Lipinski definition) is 3. The zero-order valence-electron chi connectivity index (χ0n) is 10.9. The molecular weight excluding hydrogens is 308 g/mol. The van der Waals surface area contributed by atoms with Gasteiger partial charge in [0, 0.05) is 10.6 Å². The van der Waals surface area contributed by atoms with Crippen LogP contribution in [0.1, 0.15) is 5.56 Å². The van der Waals surface area contributed by atoms with E-state index in [0.29, 0.717) is 10.6 Å². The third-order valence-corrected chi connectivity index (χ3v) is 3.37. The van der Waals surface area contributed by atoms with Gasteiger partial charge in [-0.25, -0.2) is 4.79 Å². The summed E-state index contributed by atoms with van der Waals surface area (Å²) in [6, 6.07) is 8.18. The van der Waals surface area contributed by atoms with Crippen molar-refractivity contribution in [2.24, 2.45) is 0 Å². The van der Waals surface area contributed by atoms with Crippen LogP contribution in [0.5, 0.6) is 0 Å². The van der Waals surface area contributed by atoms with Crippen molar-refractivity contribution in [3.63, 3.8) is 0 Å². The first-order chi connectivity index (χ1) is 10.5. The van der Waals surface area contributed by atoms with Crippen LogP contribution in [-0.4, -0.2) is 15.0 Å². The number of fused-ring (bicyclic) bond motifs is 1. The Morgan fingerprint density at radius 3 is 2.50 bits per heavy atom. The zero-order chi connectivity index (χ0) is 15.9. The minimum Gasteiger partial charge on any atom is -0.307 e. The van der Waals surface area contributed by atoms with Crippen LogP contribution in [0.15, 0.2) is 38.6 Å². The fraction of sp³-hybridized carbons (Fsp3) is 0. The van der Waals surface area contributed by atoms with Crippen molar-refractivity contribution in [1.29, 1.82) is 5.26 Å². The molecule has 2 heterocycles. The molecule has 3 rings (SSSR count). The van der Waals surface area contributed by atoms with Crippen molar-refractivity contribution in [2.45, 2.75) is 0 Å². The Labute approximate surface area is 126 Å². The molecule has 2 aromatic heterocycles. The summed E-state index contributed by atoms with van der Waals surface area (Å²) in [7, 11) is 0. The van der Waals surface area contributed by atoms with Gasteiger partial charge in [-0.2, -0.15) is 5.26 Å². The molecule has 0 aliphatic rings. The number of halogens is 1. The molecule has 22 heavy (non-hydrogen) atoms. The molecule has 0 aliphatic heterocycles. The molecule has 0 fully saturated rings. The van der Waals surface area contributed by atoms with Crippen LogP contribution in [0.25, 0.3) is 22.2 Å². The van der Waals surface area contributed by atoms with Crippen LogP contribution in [0.4, 0.5) is 0 Å². The smallest absolute Gasteiger partial charge is 0.307 e. The summed E-state index contributed by atoms with van der Waals surface area (Å²) < 4.78 is 0. The van der Waals surface area contributed by atoms with Crippen LogP contribution < -0.4 is 16.8 Å². The van der Waals surface area contributed by atoms with Gasteiger partial charge in [-0.05, 0) is 17.7 Å². The average molecular weight is 315 g/mol. The van der Waals surface area contributed by atoms with E-state index in [9.17, 15) is 19.6 Å². The third kappa shape index (κ3) is 2.12. The Kier molecular flexibility index (Phi) is 3.16. The molecule has 0 amide bonds. The molecule has 0 aliphatic carbocycles. The standard InChI is InChI=1S/C14H7ClN4O3/c15-7-3-1-2-6(4-7)9-8(5-16)12(20)17-11-10(9)13(21)19-14(22)18-11/h1-4H,(H3,17,18,19,20,21,22). The minimum atomic E-state index is -0.755. The first kappa shape index (κ1) is 13.9. The molecule has 0 saturated carbocycles. The van der Waals surface area contributed by atoms with Crippen LogP contribution in [0, 0.1) is 11.3 Å². The van der Waals surface area contributed by atoms with E-state index >= 15 is 0 Å². The lowest BCUT2D eigenvalue weighted by Gasteiger charge is -2.08. The topological polar surface area (TPSA) is 122 Å². The average Bonchev–Trinajstić information content (AvgIpc) is 2.45. The lowest BCUT2D eigenvalue weighted by molar-refractivity contribution is 1.05. The van der Waals surface area contributed by atoms with Crippen molar-refractivity contribution in [3.05, 3.63) is 66.0 Å². The van der Waals surface area contributed by atoms with Crippen LogP contribution >= 0.6 is 11.6 Å². The largest absolute Gasteiger partial charge is 0.327 e. The molecule has 1 aromatic carbocycles. The van der Waals surface area contributed by atoms with Crippen LogP contribution in [0.2, 0.25) is 5.02 Å². The Balaban J connectivity index is 2.62. The maximum atomic E-state index is 12.1. The summed E-state index contributed by atoms with van der Waals surface area (Å²) in [6.07, 6.45) is 0. The number of nitriles is 1. The molecule has 8 heteroatoms. The van der Waals surface area contributed by atoms with E-state index in [4.69, 9.17) is 11.6 Å². The van der Waals surface area contributed by atoms with Crippen LogP contribution in [-0.2, 0) is 0 Å². The van der Waals surface area contributed by atoms with E-state index in [1.807, 2.05) is 0 Å². The zero-order valence-corrected chi connectivity index (χ0v) is 11.6. The number of benzene rings is 1. The van der Waals surface area contributed by atoms with E-state index in [-0.39, 0.29) is 22.2 Å². The van der Waals surface area contributed by atoms with E-state index < -0.39 is 16.8 Å². The highest BCUT2D eigenvalue weighted by atomic mass is 35.5. The summed E-state index contributed by atoms with van der Waals surface area (Å²) in [4.78, 5) is 42.2. The van der Waals surface area contributed by atoms with Gasteiger partial charge in [0.1, 0.15) is 17.3 Å². The number of nitrogens with one attached hydrogen (secondary N) is 3. The lowest BCUT2D eigenvalue weighted by atomic mass is 9.99. The Hall–Kier alpha value is -3.11. The van der Waals surface area contributed by atoms with Crippen molar-refractivity contribution in [1.82, 2.24) is 15.0 Å². The Morgan fingerprint density at radius 2 is 1.82 bits per heavy atom. The fourth-order valence-corrected chi connectivity index (χ4v) is 2.46. The summed E-state index contributed by atoms with van der Waals surface area (Å²) in [6.45, 7) is 0. The van der Waals surface area contributed by atoms with Gasteiger partial charge in [-0.1, -0.05) is 23.7 Å². The SMILES string of the molecule is N#Cc1c(-c2cccc(Cl)c2)c2c(=O)[nH]c(=O)[nH]c2[nH]c1=O. The summed E-state index contributed by atoms with van der Waals surface area (Å²) in [5.74, 6) is 0. The van der Waals surface area contributed by atoms with E-state index in [2.05, 4.69) is 15.0 Å². The van der Waals surface area contributed by atoms with Crippen molar-refractivity contribution < 1.29 is 0 Å². The Bertz CT molecular complexity index is 1120. The number of rotatable bonds is 1. The summed E-state index contributed by atoms with van der Waals surface area (Å²) >= 11 is 5.93. The Morgan fingerprint density at radius 1 is 1.05 bits per heavy atom. The predicted octanol–water partition coefficient (Wildman–Crippen LogP) is 1.10. The number of pyridine rings is 1. The summed E-state index contributed by atoms with van der Waals surface area (Å²) in [5.41, 5.74) is -1.89. The molecule has 0 radical (unpaired) electrons. The second-order valence-corrected chi connectivity index (χ2v) is 4.92. The first-order valence-electron chi connectivity index (χ1n) is 6.10. The van der Waals surface area contributed by atoms with Gasteiger partial charge in [0.15, 0.2) is 0 Å². The maximum Gasteiger partial charge on any atom is 0.327 e. The normalized spacial score (nSPS) is 10.5. The maximum absolute atomic E-state index is 12.1. The molecule has 3 N–H and O–H groups in total. The van der Waals surface area contributed by atoms with Gasteiger partial charge in [0.2, 0.25) is 0 Å². The number of hydrogen-bond acceptors (Lipinski definition) is 4. The van der Waals surface area contributed by atoms with Gasteiger partial charge in [0.25, 0.3) is 11.1 Å². The number of H-pyrrole nitrogens is 3. The molecule has 7 nitrogen and oxygen atoms in total. The third-order valence-electron chi connectivity index (χ3n) is 3.13. The monoisotopic (exact) mass is 314 g/mol. The molecule has 0 bridgehead atoms. The van der Waals surface area contributed by atoms with Gasteiger partial charge >= 0.3 is 5.69 Å². The van der Waals surface area contributed by atoms with Gasteiger partial charge in [-0.15, -0.1) is 0 Å². The fourth-order valence-electron chi connectivity index (χ4n) is 2.27. The van der Waals surface area contributed by atoms with E-state index in [0.717, 1.165) is 0 Å². The quantitative estimate of drug-likeness (QED) is 0.622. The highest BCUT2D eigenvalue weighted by Gasteiger charge is 2.17. The highest BCUT2D eigenvalue weighted by molar-refractivity contribution is 6.30. The van der Waals surface area contributed by atoms with E-state index in [1.54, 1.807) is 24.3 Å². The lowest BCUT2D eigenvalue weighted by Crippen LogP contribution is -2.26. The van der Waals surface area contributed by atoms with E-state index in [1.165, 1.54) is 6.07 Å². The minimum absolute atomic E-state index is 0.0121. The van der Waals surface area contributed by atoms with Gasteiger partial charge < -0.3 is 4.98 Å². The first-order valence-corrected chi connectivity index (χ1v) is 6.47.